The largest absolute Gasteiger partial charge is 0.487 e. The van der Waals surface area contributed by atoms with Crippen LogP contribution in [0.4, 0.5) is 0 Å². The second-order valence-electron chi connectivity index (χ2n) is 7.88. The molecule has 5 heteroatoms. The number of hydrogen-bond acceptors (Lipinski definition) is 3. The van der Waals surface area contributed by atoms with Gasteiger partial charge in [-0.2, -0.15) is 0 Å². The molecule has 2 aliphatic rings. The smallest absolute Gasteiger partial charge is 0.222 e. The molecule has 2 heterocycles. The summed E-state index contributed by atoms with van der Waals surface area (Å²) >= 11 is 0. The van der Waals surface area contributed by atoms with E-state index in [1.807, 2.05) is 43.9 Å². The Bertz CT molecular complexity index is 663. The maximum Gasteiger partial charge on any atom is 0.222 e. The SMILES string of the molecule is CCC(=O)N1CCC2(CC1)C[C@@H](CC(=O)NC(C)C)c1ccccc1O2. The topological polar surface area (TPSA) is 58.6 Å². The van der Waals surface area contributed by atoms with Crippen LogP contribution in [0.5, 0.6) is 5.75 Å². The van der Waals surface area contributed by atoms with Crippen molar-refractivity contribution in [3.05, 3.63) is 29.8 Å². The maximum absolute atomic E-state index is 12.4. The zero-order valence-corrected chi connectivity index (χ0v) is 16.1. The fourth-order valence-corrected chi connectivity index (χ4v) is 4.22. The second kappa shape index (κ2) is 7.68. The highest BCUT2D eigenvalue weighted by Crippen LogP contribution is 2.46. The van der Waals surface area contributed by atoms with Crippen molar-refractivity contribution in [2.75, 3.05) is 13.1 Å². The molecule has 1 atom stereocenters. The number of ether oxygens (including phenoxy) is 1. The van der Waals surface area contributed by atoms with Crippen LogP contribution in [0.1, 0.15) is 64.4 Å². The Balaban J connectivity index is 1.77. The highest BCUT2D eigenvalue weighted by Gasteiger charge is 2.44. The number of rotatable bonds is 4. The number of amides is 2. The van der Waals surface area contributed by atoms with E-state index in [-0.39, 0.29) is 29.4 Å². The van der Waals surface area contributed by atoms with Crippen LogP contribution in [0.15, 0.2) is 24.3 Å². The summed E-state index contributed by atoms with van der Waals surface area (Å²) in [5.74, 6) is 1.36. The van der Waals surface area contributed by atoms with Crippen molar-refractivity contribution in [1.82, 2.24) is 10.2 Å². The van der Waals surface area contributed by atoms with Crippen molar-refractivity contribution in [3.8, 4) is 5.75 Å². The lowest BCUT2D eigenvalue weighted by atomic mass is 9.76. The summed E-state index contributed by atoms with van der Waals surface area (Å²) in [6.07, 6.45) is 3.53. The average Bonchev–Trinajstić information content (AvgIpc) is 2.61. The number of piperidine rings is 1. The van der Waals surface area contributed by atoms with Crippen LogP contribution in [-0.2, 0) is 9.59 Å². The molecular weight excluding hydrogens is 328 g/mol. The third-order valence-corrected chi connectivity index (χ3v) is 5.51. The lowest BCUT2D eigenvalue weighted by molar-refractivity contribution is -0.135. The average molecular weight is 358 g/mol. The van der Waals surface area contributed by atoms with Gasteiger partial charge in [-0.1, -0.05) is 25.1 Å². The zero-order valence-electron chi connectivity index (χ0n) is 16.1. The van der Waals surface area contributed by atoms with Crippen molar-refractivity contribution < 1.29 is 14.3 Å². The predicted octanol–water partition coefficient (Wildman–Crippen LogP) is 3.24. The first-order chi connectivity index (χ1) is 12.4. The summed E-state index contributed by atoms with van der Waals surface area (Å²) in [6.45, 7) is 7.35. The fourth-order valence-electron chi connectivity index (χ4n) is 4.22. The number of nitrogens with zero attached hydrogens (tertiary/aromatic N) is 1. The number of fused-ring (bicyclic) bond motifs is 1. The van der Waals surface area contributed by atoms with Crippen molar-refractivity contribution in [3.63, 3.8) is 0 Å². The summed E-state index contributed by atoms with van der Waals surface area (Å²) in [6, 6.07) is 8.22. The van der Waals surface area contributed by atoms with E-state index in [1.165, 1.54) is 0 Å². The molecule has 2 aliphatic heterocycles. The van der Waals surface area contributed by atoms with E-state index in [2.05, 4.69) is 11.4 Å². The van der Waals surface area contributed by atoms with E-state index in [9.17, 15) is 9.59 Å². The molecule has 1 aromatic rings. The van der Waals surface area contributed by atoms with Crippen LogP contribution >= 0.6 is 0 Å². The Morgan fingerprint density at radius 1 is 1.27 bits per heavy atom. The quantitative estimate of drug-likeness (QED) is 0.899. The Hall–Kier alpha value is -2.04. The van der Waals surface area contributed by atoms with Gasteiger partial charge in [-0.3, -0.25) is 9.59 Å². The molecule has 0 saturated carbocycles. The van der Waals surface area contributed by atoms with Crippen molar-refractivity contribution >= 4 is 11.8 Å². The fraction of sp³-hybridized carbons (Fsp3) is 0.619. The molecule has 2 amide bonds. The minimum absolute atomic E-state index is 0.0930. The summed E-state index contributed by atoms with van der Waals surface area (Å²) in [7, 11) is 0. The molecule has 0 bridgehead atoms. The number of carbonyl (C=O) groups excluding carboxylic acids is 2. The van der Waals surface area contributed by atoms with E-state index in [4.69, 9.17) is 4.74 Å². The normalized spacial score (nSPS) is 21.2. The number of para-hydroxylation sites is 1. The van der Waals surface area contributed by atoms with Gasteiger partial charge in [0.05, 0.1) is 0 Å². The number of hydrogen-bond donors (Lipinski definition) is 1. The van der Waals surface area contributed by atoms with Crippen molar-refractivity contribution in [2.24, 2.45) is 0 Å². The molecular formula is C21H30N2O3. The van der Waals surface area contributed by atoms with E-state index in [0.29, 0.717) is 12.8 Å². The van der Waals surface area contributed by atoms with E-state index < -0.39 is 0 Å². The van der Waals surface area contributed by atoms with Gasteiger partial charge in [0, 0.05) is 50.7 Å². The molecule has 5 nitrogen and oxygen atoms in total. The van der Waals surface area contributed by atoms with Crippen molar-refractivity contribution in [2.45, 2.75) is 70.4 Å². The maximum atomic E-state index is 12.4. The molecule has 1 N–H and O–H groups in total. The molecule has 0 aliphatic carbocycles. The lowest BCUT2D eigenvalue weighted by Crippen LogP contribution is -2.52. The number of carbonyl (C=O) groups is 2. The van der Waals surface area contributed by atoms with Crippen LogP contribution in [0, 0.1) is 0 Å². The van der Waals surface area contributed by atoms with Gasteiger partial charge >= 0.3 is 0 Å². The third-order valence-electron chi connectivity index (χ3n) is 5.51. The van der Waals surface area contributed by atoms with Gasteiger partial charge in [-0.15, -0.1) is 0 Å². The number of benzene rings is 1. The first-order valence-electron chi connectivity index (χ1n) is 9.77. The van der Waals surface area contributed by atoms with Gasteiger partial charge in [-0.25, -0.2) is 0 Å². The van der Waals surface area contributed by atoms with Crippen LogP contribution in [-0.4, -0.2) is 41.4 Å². The molecule has 142 valence electrons. The van der Waals surface area contributed by atoms with E-state index >= 15 is 0 Å². The number of likely N-dealkylation sites (tertiary alicyclic amines) is 1. The van der Waals surface area contributed by atoms with Crippen LogP contribution in [0.2, 0.25) is 0 Å². The highest BCUT2D eigenvalue weighted by atomic mass is 16.5. The predicted molar refractivity (Wildman–Crippen MR) is 101 cm³/mol. The number of nitrogens with one attached hydrogen (secondary N) is 1. The summed E-state index contributed by atoms with van der Waals surface area (Å²) in [5.41, 5.74) is 0.867. The van der Waals surface area contributed by atoms with Gasteiger partial charge in [0.25, 0.3) is 0 Å². The van der Waals surface area contributed by atoms with Gasteiger partial charge in [0.15, 0.2) is 0 Å². The van der Waals surface area contributed by atoms with Crippen LogP contribution in [0.25, 0.3) is 0 Å². The van der Waals surface area contributed by atoms with E-state index in [1.54, 1.807) is 0 Å². The van der Waals surface area contributed by atoms with Crippen LogP contribution in [0.3, 0.4) is 0 Å². The van der Waals surface area contributed by atoms with Gasteiger partial charge in [0.1, 0.15) is 11.4 Å². The Labute approximate surface area is 156 Å². The molecule has 1 aromatic carbocycles. The lowest BCUT2D eigenvalue weighted by Gasteiger charge is -2.47. The van der Waals surface area contributed by atoms with Gasteiger partial charge in [-0.05, 0) is 31.9 Å². The van der Waals surface area contributed by atoms with E-state index in [0.717, 1.165) is 43.7 Å². The first kappa shape index (κ1) is 18.7. The summed E-state index contributed by atoms with van der Waals surface area (Å²) in [5, 5.41) is 3.01. The van der Waals surface area contributed by atoms with Crippen LogP contribution < -0.4 is 10.1 Å². The van der Waals surface area contributed by atoms with Gasteiger partial charge < -0.3 is 15.0 Å². The zero-order chi connectivity index (χ0) is 18.7. The van der Waals surface area contributed by atoms with Crippen molar-refractivity contribution in [1.29, 1.82) is 0 Å². The third kappa shape index (κ3) is 4.02. The minimum Gasteiger partial charge on any atom is -0.487 e. The minimum atomic E-state index is -0.262. The summed E-state index contributed by atoms with van der Waals surface area (Å²) < 4.78 is 6.45. The first-order valence-corrected chi connectivity index (χ1v) is 9.77. The molecule has 26 heavy (non-hydrogen) atoms. The molecule has 1 spiro atoms. The highest BCUT2D eigenvalue weighted by molar-refractivity contribution is 5.77. The molecule has 1 fully saturated rings. The molecule has 0 radical (unpaired) electrons. The monoisotopic (exact) mass is 358 g/mol. The van der Waals surface area contributed by atoms with Gasteiger partial charge in [0.2, 0.25) is 11.8 Å². The molecule has 1 saturated heterocycles. The summed E-state index contributed by atoms with van der Waals surface area (Å²) in [4.78, 5) is 26.3. The molecule has 0 aromatic heterocycles. The standard InChI is InChI=1S/C21H30N2O3/c1-4-20(25)23-11-9-21(10-12-23)14-16(13-19(24)22-15(2)3)17-7-5-6-8-18(17)26-21/h5-8,15-16H,4,9-14H2,1-3H3,(H,22,24)/t16-/m1/s1. The molecule has 0 unspecified atom stereocenters. The Morgan fingerprint density at radius 3 is 2.62 bits per heavy atom. The Morgan fingerprint density at radius 2 is 1.96 bits per heavy atom. The molecule has 3 rings (SSSR count). The second-order valence-corrected chi connectivity index (χ2v) is 7.88. The Kier molecular flexibility index (Phi) is 5.54.